The summed E-state index contributed by atoms with van der Waals surface area (Å²) in [5, 5.41) is 2.94. The zero-order valence-corrected chi connectivity index (χ0v) is 16.4. The number of carbonyl (C=O) groups excluding carboxylic acids is 1. The minimum absolute atomic E-state index is 0.144. The molecule has 0 unspecified atom stereocenters. The number of thiazole rings is 1. The molecule has 0 saturated heterocycles. The van der Waals surface area contributed by atoms with Crippen molar-refractivity contribution in [2.24, 2.45) is 0 Å². The number of hydrogen-bond donors (Lipinski definition) is 1. The van der Waals surface area contributed by atoms with Gasteiger partial charge < -0.3 is 10.1 Å². The second-order valence-electron chi connectivity index (χ2n) is 6.38. The molecule has 4 rings (SSSR count). The lowest BCUT2D eigenvalue weighted by Crippen LogP contribution is -2.12. The van der Waals surface area contributed by atoms with Crippen LogP contribution in [-0.2, 0) is 12.8 Å². The van der Waals surface area contributed by atoms with Crippen molar-refractivity contribution in [3.8, 4) is 11.5 Å². The zero-order valence-electron chi connectivity index (χ0n) is 15.6. The van der Waals surface area contributed by atoms with E-state index in [9.17, 15) is 4.79 Å². The predicted molar refractivity (Wildman–Crippen MR) is 115 cm³/mol. The Kier molecular flexibility index (Phi) is 5.92. The van der Waals surface area contributed by atoms with E-state index in [0.29, 0.717) is 22.7 Å². The molecular weight excluding hydrogens is 382 g/mol. The third-order valence-corrected chi connectivity index (χ3v) is 5.21. The van der Waals surface area contributed by atoms with E-state index in [0.717, 1.165) is 17.9 Å². The third kappa shape index (κ3) is 5.06. The molecule has 0 radical (unpaired) electrons. The van der Waals surface area contributed by atoms with Crippen LogP contribution in [0, 0.1) is 0 Å². The van der Waals surface area contributed by atoms with Crippen LogP contribution in [0.25, 0.3) is 0 Å². The number of ether oxygens (including phenoxy) is 1. The van der Waals surface area contributed by atoms with Crippen LogP contribution in [0.5, 0.6) is 11.5 Å². The number of anilines is 1. The molecule has 0 bridgehead atoms. The summed E-state index contributed by atoms with van der Waals surface area (Å²) in [4.78, 5) is 21.7. The summed E-state index contributed by atoms with van der Waals surface area (Å²) in [6.45, 7) is 0. The van der Waals surface area contributed by atoms with Gasteiger partial charge in [0.2, 0.25) is 0 Å². The number of nitrogens with zero attached hydrogens (tertiary/aromatic N) is 2. The van der Waals surface area contributed by atoms with Crippen LogP contribution in [0.2, 0.25) is 0 Å². The Morgan fingerprint density at radius 2 is 1.62 bits per heavy atom. The highest BCUT2D eigenvalue weighted by molar-refractivity contribution is 7.12. The van der Waals surface area contributed by atoms with E-state index in [2.05, 4.69) is 15.3 Å². The second-order valence-corrected chi connectivity index (χ2v) is 7.23. The molecule has 0 aliphatic carbocycles. The SMILES string of the molecule is O=C(Nc1ccc(Oc2ccccc2)cc1)c1scnc1CCc1ccncc1. The molecular formula is C23H19N3O2S. The van der Waals surface area contributed by atoms with Crippen LogP contribution in [0.4, 0.5) is 5.69 Å². The van der Waals surface area contributed by atoms with E-state index in [4.69, 9.17) is 4.74 Å². The number of aromatic nitrogens is 2. The van der Waals surface area contributed by atoms with Crippen molar-refractivity contribution in [1.29, 1.82) is 0 Å². The quantitative estimate of drug-likeness (QED) is 0.452. The summed E-state index contributed by atoms with van der Waals surface area (Å²) in [5.74, 6) is 1.34. The Morgan fingerprint density at radius 3 is 2.38 bits per heavy atom. The average molecular weight is 401 g/mol. The lowest BCUT2D eigenvalue weighted by Gasteiger charge is -2.08. The average Bonchev–Trinajstić information content (AvgIpc) is 3.24. The van der Waals surface area contributed by atoms with Crippen LogP contribution in [0.15, 0.2) is 84.6 Å². The Bertz CT molecular complexity index is 1060. The molecule has 0 aliphatic heterocycles. The number of amides is 1. The number of nitrogens with one attached hydrogen (secondary N) is 1. The van der Waals surface area contributed by atoms with Gasteiger partial charge in [0, 0.05) is 18.1 Å². The van der Waals surface area contributed by atoms with Gasteiger partial charge in [-0.25, -0.2) is 4.98 Å². The minimum Gasteiger partial charge on any atom is -0.457 e. The first-order chi connectivity index (χ1) is 14.3. The van der Waals surface area contributed by atoms with E-state index in [1.807, 2.05) is 66.7 Å². The molecule has 29 heavy (non-hydrogen) atoms. The number of carbonyl (C=O) groups is 1. The standard InChI is InChI=1S/C23H19N3O2S/c27-23(22-21(25-16-29-22)11-6-17-12-14-24-15-13-17)26-18-7-9-20(10-8-18)28-19-4-2-1-3-5-19/h1-5,7-10,12-16H,6,11H2,(H,26,27). The van der Waals surface area contributed by atoms with Gasteiger partial charge in [-0.05, 0) is 66.9 Å². The summed E-state index contributed by atoms with van der Waals surface area (Å²) < 4.78 is 5.78. The van der Waals surface area contributed by atoms with Gasteiger partial charge in [-0.2, -0.15) is 0 Å². The van der Waals surface area contributed by atoms with E-state index < -0.39 is 0 Å². The van der Waals surface area contributed by atoms with Gasteiger partial charge in [0.15, 0.2) is 0 Å². The first-order valence-corrected chi connectivity index (χ1v) is 10.1. The largest absolute Gasteiger partial charge is 0.457 e. The summed E-state index contributed by atoms with van der Waals surface area (Å²) in [7, 11) is 0. The van der Waals surface area contributed by atoms with Crippen molar-refractivity contribution in [3.63, 3.8) is 0 Å². The maximum Gasteiger partial charge on any atom is 0.267 e. The Balaban J connectivity index is 1.37. The van der Waals surface area contributed by atoms with Crippen LogP contribution in [-0.4, -0.2) is 15.9 Å². The molecule has 1 N–H and O–H groups in total. The molecule has 2 aromatic carbocycles. The molecule has 0 fully saturated rings. The molecule has 0 atom stereocenters. The van der Waals surface area contributed by atoms with Gasteiger partial charge in [0.05, 0.1) is 11.2 Å². The molecule has 6 heteroatoms. The van der Waals surface area contributed by atoms with E-state index in [1.165, 1.54) is 16.9 Å². The Labute approximate surface area is 173 Å². The molecule has 144 valence electrons. The number of benzene rings is 2. The topological polar surface area (TPSA) is 64.1 Å². The van der Waals surface area contributed by atoms with Gasteiger partial charge >= 0.3 is 0 Å². The van der Waals surface area contributed by atoms with E-state index >= 15 is 0 Å². The highest BCUT2D eigenvalue weighted by atomic mass is 32.1. The third-order valence-electron chi connectivity index (χ3n) is 4.34. The fourth-order valence-electron chi connectivity index (χ4n) is 2.86. The molecule has 0 saturated carbocycles. The molecule has 0 spiro atoms. The first-order valence-electron chi connectivity index (χ1n) is 9.23. The fourth-order valence-corrected chi connectivity index (χ4v) is 3.60. The molecule has 1 amide bonds. The molecule has 4 aromatic rings. The highest BCUT2D eigenvalue weighted by Gasteiger charge is 2.15. The summed E-state index contributed by atoms with van der Waals surface area (Å²) >= 11 is 1.36. The predicted octanol–water partition coefficient (Wildman–Crippen LogP) is 5.37. The number of pyridine rings is 1. The smallest absolute Gasteiger partial charge is 0.267 e. The first kappa shape index (κ1) is 18.8. The molecule has 2 heterocycles. The van der Waals surface area contributed by atoms with Crippen molar-refractivity contribution < 1.29 is 9.53 Å². The van der Waals surface area contributed by atoms with Crippen LogP contribution in [0.1, 0.15) is 20.9 Å². The molecule has 2 aromatic heterocycles. The van der Waals surface area contributed by atoms with Crippen molar-refractivity contribution in [1.82, 2.24) is 9.97 Å². The van der Waals surface area contributed by atoms with Crippen molar-refractivity contribution in [2.75, 3.05) is 5.32 Å². The van der Waals surface area contributed by atoms with Crippen LogP contribution < -0.4 is 10.1 Å². The van der Waals surface area contributed by atoms with Gasteiger partial charge in [0.25, 0.3) is 5.91 Å². The summed E-state index contributed by atoms with van der Waals surface area (Å²) in [6, 6.07) is 20.9. The zero-order chi connectivity index (χ0) is 19.9. The lowest BCUT2D eigenvalue weighted by atomic mass is 10.1. The number of aryl methyl sites for hydroxylation is 2. The summed E-state index contributed by atoms with van der Waals surface area (Å²) in [6.07, 6.45) is 5.07. The highest BCUT2D eigenvalue weighted by Crippen LogP contribution is 2.24. The van der Waals surface area contributed by atoms with Gasteiger partial charge in [-0.3, -0.25) is 9.78 Å². The number of para-hydroxylation sites is 1. The second kappa shape index (κ2) is 9.12. The van der Waals surface area contributed by atoms with Gasteiger partial charge in [0.1, 0.15) is 16.4 Å². The maximum atomic E-state index is 12.7. The van der Waals surface area contributed by atoms with Crippen LogP contribution >= 0.6 is 11.3 Å². The Hall–Kier alpha value is -3.51. The Morgan fingerprint density at radius 1 is 0.897 bits per heavy atom. The normalized spacial score (nSPS) is 10.5. The van der Waals surface area contributed by atoms with Crippen molar-refractivity contribution >= 4 is 22.9 Å². The fraction of sp³-hybridized carbons (Fsp3) is 0.0870. The number of rotatable bonds is 7. The van der Waals surface area contributed by atoms with E-state index in [1.54, 1.807) is 17.9 Å². The van der Waals surface area contributed by atoms with Gasteiger partial charge in [-0.1, -0.05) is 18.2 Å². The van der Waals surface area contributed by atoms with Crippen molar-refractivity contribution in [3.05, 3.63) is 101 Å². The minimum atomic E-state index is -0.144. The maximum absolute atomic E-state index is 12.7. The lowest BCUT2D eigenvalue weighted by molar-refractivity contribution is 0.102. The molecule has 0 aliphatic rings. The van der Waals surface area contributed by atoms with Gasteiger partial charge in [-0.15, -0.1) is 11.3 Å². The van der Waals surface area contributed by atoms with Crippen LogP contribution in [0.3, 0.4) is 0 Å². The number of hydrogen-bond acceptors (Lipinski definition) is 5. The van der Waals surface area contributed by atoms with E-state index in [-0.39, 0.29) is 5.91 Å². The van der Waals surface area contributed by atoms with Crippen molar-refractivity contribution in [2.45, 2.75) is 12.8 Å². The molecule has 5 nitrogen and oxygen atoms in total. The monoisotopic (exact) mass is 401 g/mol. The summed E-state index contributed by atoms with van der Waals surface area (Å²) in [5.41, 5.74) is 4.42.